The van der Waals surface area contributed by atoms with Crippen molar-refractivity contribution < 1.29 is 14.4 Å². The molecule has 0 aliphatic rings. The van der Waals surface area contributed by atoms with Gasteiger partial charge in [0, 0.05) is 19.0 Å². The Morgan fingerprint density at radius 1 is 1.04 bits per heavy atom. The van der Waals surface area contributed by atoms with E-state index in [1.54, 1.807) is 24.3 Å². The average molecular weight is 313 g/mol. The highest BCUT2D eigenvalue weighted by Gasteiger charge is 2.10. The topological polar surface area (TPSA) is 127 Å². The van der Waals surface area contributed by atoms with E-state index >= 15 is 0 Å². The summed E-state index contributed by atoms with van der Waals surface area (Å²) in [6.07, 6.45) is 1.17. The van der Waals surface area contributed by atoms with Crippen molar-refractivity contribution in [2.24, 2.45) is 5.84 Å². The SMILES string of the molecule is CC(=O)c1cc(C(=O)NCc2ccc(C(=O)NN)cc2)ncn1. The quantitative estimate of drug-likeness (QED) is 0.313. The second-order valence-electron chi connectivity index (χ2n) is 4.70. The second-order valence-corrected chi connectivity index (χ2v) is 4.70. The molecule has 0 spiro atoms. The van der Waals surface area contributed by atoms with Crippen molar-refractivity contribution in [2.45, 2.75) is 13.5 Å². The van der Waals surface area contributed by atoms with E-state index in [0.29, 0.717) is 5.56 Å². The number of ketones is 1. The maximum absolute atomic E-state index is 12.0. The lowest BCUT2D eigenvalue weighted by molar-refractivity contribution is 0.0939. The van der Waals surface area contributed by atoms with E-state index in [-0.39, 0.29) is 23.7 Å². The summed E-state index contributed by atoms with van der Waals surface area (Å²) < 4.78 is 0. The lowest BCUT2D eigenvalue weighted by Gasteiger charge is -2.06. The number of nitrogens with two attached hydrogens (primary N) is 1. The predicted octanol–water partition coefficient (Wildman–Crippen LogP) is 0.213. The Labute approximate surface area is 132 Å². The van der Waals surface area contributed by atoms with Crippen LogP contribution in [0.3, 0.4) is 0 Å². The Bertz CT molecular complexity index is 743. The van der Waals surface area contributed by atoms with E-state index in [9.17, 15) is 14.4 Å². The van der Waals surface area contributed by atoms with Crippen molar-refractivity contribution >= 4 is 17.6 Å². The second kappa shape index (κ2) is 7.23. The summed E-state index contributed by atoms with van der Waals surface area (Å²) in [6, 6.07) is 7.94. The van der Waals surface area contributed by atoms with Gasteiger partial charge in [-0.1, -0.05) is 12.1 Å². The average Bonchev–Trinajstić information content (AvgIpc) is 2.59. The van der Waals surface area contributed by atoms with Crippen LogP contribution in [-0.4, -0.2) is 27.6 Å². The minimum atomic E-state index is -0.418. The summed E-state index contributed by atoms with van der Waals surface area (Å²) in [5.74, 6) is 4.00. The lowest BCUT2D eigenvalue weighted by atomic mass is 10.1. The van der Waals surface area contributed by atoms with Crippen molar-refractivity contribution in [1.29, 1.82) is 0 Å². The number of hydrazine groups is 1. The maximum Gasteiger partial charge on any atom is 0.270 e. The first-order valence-electron chi connectivity index (χ1n) is 6.72. The Balaban J connectivity index is 2.00. The zero-order valence-corrected chi connectivity index (χ0v) is 12.4. The number of rotatable bonds is 5. The molecule has 1 heterocycles. The summed E-state index contributed by atoms with van der Waals surface area (Å²) in [5, 5.41) is 2.68. The Hall–Kier alpha value is -3.13. The number of amides is 2. The van der Waals surface area contributed by atoms with Gasteiger partial charge < -0.3 is 5.32 Å². The van der Waals surface area contributed by atoms with E-state index in [4.69, 9.17) is 5.84 Å². The van der Waals surface area contributed by atoms with Gasteiger partial charge in [0.2, 0.25) is 0 Å². The molecule has 118 valence electrons. The lowest BCUT2D eigenvalue weighted by Crippen LogP contribution is -2.30. The van der Waals surface area contributed by atoms with E-state index in [2.05, 4.69) is 15.3 Å². The number of Topliss-reactive ketones (excluding diaryl/α,β-unsaturated/α-hetero) is 1. The van der Waals surface area contributed by atoms with Gasteiger partial charge in [0.05, 0.1) is 0 Å². The predicted molar refractivity (Wildman–Crippen MR) is 81.3 cm³/mol. The molecule has 2 rings (SSSR count). The molecule has 0 bridgehead atoms. The van der Waals surface area contributed by atoms with E-state index in [0.717, 1.165) is 5.56 Å². The van der Waals surface area contributed by atoms with E-state index < -0.39 is 11.8 Å². The molecule has 0 aliphatic carbocycles. The highest BCUT2D eigenvalue weighted by Crippen LogP contribution is 2.05. The number of carbonyl (C=O) groups excluding carboxylic acids is 3. The molecule has 8 heteroatoms. The third kappa shape index (κ3) is 4.17. The Morgan fingerprint density at radius 2 is 1.70 bits per heavy atom. The van der Waals surface area contributed by atoms with Gasteiger partial charge in [-0.05, 0) is 23.8 Å². The van der Waals surface area contributed by atoms with E-state index in [1.165, 1.54) is 19.3 Å². The van der Waals surface area contributed by atoms with Gasteiger partial charge in [0.15, 0.2) is 5.78 Å². The molecule has 1 aromatic carbocycles. The molecule has 0 saturated carbocycles. The van der Waals surface area contributed by atoms with Gasteiger partial charge in [0.1, 0.15) is 17.7 Å². The molecule has 0 atom stereocenters. The first kappa shape index (κ1) is 16.2. The van der Waals surface area contributed by atoms with Crippen molar-refractivity contribution in [3.05, 3.63) is 59.2 Å². The van der Waals surface area contributed by atoms with Gasteiger partial charge in [0.25, 0.3) is 11.8 Å². The number of carbonyl (C=O) groups is 3. The summed E-state index contributed by atoms with van der Waals surface area (Å²) in [5.41, 5.74) is 3.55. The Kier molecular flexibility index (Phi) is 5.11. The van der Waals surface area contributed by atoms with Crippen LogP contribution < -0.4 is 16.6 Å². The maximum atomic E-state index is 12.0. The van der Waals surface area contributed by atoms with Crippen LogP contribution in [0.5, 0.6) is 0 Å². The number of hydrogen-bond donors (Lipinski definition) is 3. The highest BCUT2D eigenvalue weighted by molar-refractivity contribution is 5.97. The molecule has 23 heavy (non-hydrogen) atoms. The molecular weight excluding hydrogens is 298 g/mol. The first-order chi connectivity index (χ1) is 11.0. The summed E-state index contributed by atoms with van der Waals surface area (Å²) in [7, 11) is 0. The van der Waals surface area contributed by atoms with Gasteiger partial charge in [-0.15, -0.1) is 0 Å². The number of hydrogen-bond acceptors (Lipinski definition) is 6. The third-order valence-electron chi connectivity index (χ3n) is 3.06. The molecule has 0 fully saturated rings. The van der Waals surface area contributed by atoms with Crippen molar-refractivity contribution in [2.75, 3.05) is 0 Å². The molecule has 1 aromatic heterocycles. The fourth-order valence-electron chi connectivity index (χ4n) is 1.80. The van der Waals surface area contributed by atoms with Gasteiger partial charge in [-0.2, -0.15) is 0 Å². The zero-order valence-electron chi connectivity index (χ0n) is 12.4. The standard InChI is InChI=1S/C15H15N5O3/c1-9(21)12-6-13(19-8-18-12)15(23)17-7-10-2-4-11(5-3-10)14(22)20-16/h2-6,8H,7,16H2,1H3,(H,17,23)(H,20,22). The first-order valence-corrected chi connectivity index (χ1v) is 6.72. The molecule has 0 radical (unpaired) electrons. The van der Waals surface area contributed by atoms with Crippen molar-refractivity contribution in [3.8, 4) is 0 Å². The smallest absolute Gasteiger partial charge is 0.270 e. The molecule has 4 N–H and O–H groups in total. The molecule has 2 amide bonds. The van der Waals surface area contributed by atoms with Gasteiger partial charge >= 0.3 is 0 Å². The van der Waals surface area contributed by atoms with E-state index in [1.807, 2.05) is 5.43 Å². The monoisotopic (exact) mass is 313 g/mol. The van der Waals surface area contributed by atoms with Gasteiger partial charge in [-0.25, -0.2) is 15.8 Å². The van der Waals surface area contributed by atoms with Crippen LogP contribution in [-0.2, 0) is 6.54 Å². The van der Waals surface area contributed by atoms with Crippen LogP contribution in [0.4, 0.5) is 0 Å². The van der Waals surface area contributed by atoms with Crippen LogP contribution in [0.25, 0.3) is 0 Å². The Morgan fingerprint density at radius 3 is 2.30 bits per heavy atom. The summed E-state index contributed by atoms with van der Waals surface area (Å²) in [4.78, 5) is 42.2. The normalized spacial score (nSPS) is 10.0. The zero-order chi connectivity index (χ0) is 16.8. The molecular formula is C15H15N5O3. The van der Waals surface area contributed by atoms with Crippen molar-refractivity contribution in [3.63, 3.8) is 0 Å². The molecule has 0 aliphatic heterocycles. The number of nitrogens with zero attached hydrogens (tertiary/aromatic N) is 2. The van der Waals surface area contributed by atoms with Crippen LogP contribution in [0, 0.1) is 0 Å². The highest BCUT2D eigenvalue weighted by atomic mass is 16.2. The fourth-order valence-corrected chi connectivity index (χ4v) is 1.80. The number of nitrogens with one attached hydrogen (secondary N) is 2. The summed E-state index contributed by atoms with van der Waals surface area (Å²) >= 11 is 0. The van der Waals surface area contributed by atoms with Crippen LogP contribution >= 0.6 is 0 Å². The largest absolute Gasteiger partial charge is 0.347 e. The minimum absolute atomic E-state index is 0.115. The molecule has 0 unspecified atom stereocenters. The summed E-state index contributed by atoms with van der Waals surface area (Å²) in [6.45, 7) is 1.62. The van der Waals surface area contributed by atoms with Crippen molar-refractivity contribution in [1.82, 2.24) is 20.7 Å². The van der Waals surface area contributed by atoms with Crippen LogP contribution in [0.1, 0.15) is 43.8 Å². The number of aromatic nitrogens is 2. The molecule has 8 nitrogen and oxygen atoms in total. The van der Waals surface area contributed by atoms with Gasteiger partial charge in [-0.3, -0.25) is 19.8 Å². The van der Waals surface area contributed by atoms with Crippen LogP contribution in [0.2, 0.25) is 0 Å². The minimum Gasteiger partial charge on any atom is -0.347 e. The molecule has 2 aromatic rings. The number of nitrogen functional groups attached to an aromatic ring is 1. The molecule has 0 saturated heterocycles. The third-order valence-corrected chi connectivity index (χ3v) is 3.06. The van der Waals surface area contributed by atoms with Crippen LogP contribution in [0.15, 0.2) is 36.7 Å². The fraction of sp³-hybridized carbons (Fsp3) is 0.133. The number of benzene rings is 1.